The van der Waals surface area contributed by atoms with E-state index >= 15 is 0 Å². The Balaban J connectivity index is 1.77. The van der Waals surface area contributed by atoms with Crippen LogP contribution < -0.4 is 11.1 Å². The highest BCUT2D eigenvalue weighted by molar-refractivity contribution is 5.97. The highest BCUT2D eigenvalue weighted by Gasteiger charge is 2.44. The number of primary amides is 1. The summed E-state index contributed by atoms with van der Waals surface area (Å²) in [4.78, 5) is 27.5. The molecule has 2 amide bonds. The Morgan fingerprint density at radius 1 is 1.25 bits per heavy atom. The highest BCUT2D eigenvalue weighted by atomic mass is 19.3. The molecular formula is C16H17F2N3O3. The number of hydrogen-bond acceptors (Lipinski definition) is 4. The Kier molecular flexibility index (Phi) is 3.77. The lowest BCUT2D eigenvalue weighted by molar-refractivity contribution is -0.132. The third-order valence-electron chi connectivity index (χ3n) is 4.49. The quantitative estimate of drug-likeness (QED) is 0.899. The Bertz CT molecular complexity index is 806. The van der Waals surface area contributed by atoms with Gasteiger partial charge in [0.15, 0.2) is 5.58 Å². The van der Waals surface area contributed by atoms with E-state index in [2.05, 4.69) is 10.3 Å². The second kappa shape index (κ2) is 5.54. The van der Waals surface area contributed by atoms with E-state index in [-0.39, 0.29) is 37.5 Å². The van der Waals surface area contributed by atoms with Gasteiger partial charge in [-0.2, -0.15) is 0 Å². The average Bonchev–Trinajstić information content (AvgIpc) is 2.94. The van der Waals surface area contributed by atoms with Crippen LogP contribution in [0.1, 0.15) is 43.3 Å². The molecule has 1 saturated carbocycles. The predicted molar refractivity (Wildman–Crippen MR) is 82.7 cm³/mol. The molecule has 128 valence electrons. The van der Waals surface area contributed by atoms with Gasteiger partial charge in [-0.05, 0) is 31.0 Å². The van der Waals surface area contributed by atoms with Crippen LogP contribution >= 0.6 is 0 Å². The van der Waals surface area contributed by atoms with E-state index in [1.54, 1.807) is 25.1 Å². The summed E-state index contributed by atoms with van der Waals surface area (Å²) in [6.07, 6.45) is -0.323. The van der Waals surface area contributed by atoms with Crippen molar-refractivity contribution in [2.45, 2.75) is 38.5 Å². The zero-order valence-corrected chi connectivity index (χ0v) is 13.1. The molecule has 1 heterocycles. The topological polar surface area (TPSA) is 98.2 Å². The molecule has 1 fully saturated rings. The lowest BCUT2D eigenvalue weighted by Gasteiger charge is -2.35. The third kappa shape index (κ3) is 3.08. The fourth-order valence-electron chi connectivity index (χ4n) is 2.79. The van der Waals surface area contributed by atoms with Gasteiger partial charge in [0.25, 0.3) is 5.89 Å². The molecule has 3 rings (SSSR count). The van der Waals surface area contributed by atoms with Crippen LogP contribution in [-0.2, 0) is 4.79 Å². The monoisotopic (exact) mass is 337 g/mol. The van der Waals surface area contributed by atoms with Crippen molar-refractivity contribution < 1.29 is 22.8 Å². The predicted octanol–water partition coefficient (Wildman–Crippen LogP) is 3.08. The van der Waals surface area contributed by atoms with Gasteiger partial charge in [0, 0.05) is 23.9 Å². The van der Waals surface area contributed by atoms with Gasteiger partial charge in [0.05, 0.1) is 0 Å². The lowest BCUT2D eigenvalue weighted by Crippen LogP contribution is -2.40. The van der Waals surface area contributed by atoms with Crippen LogP contribution in [0.4, 0.5) is 14.5 Å². The summed E-state index contributed by atoms with van der Waals surface area (Å²) in [5.74, 6) is -4.00. The highest BCUT2D eigenvalue weighted by Crippen LogP contribution is 2.44. The van der Waals surface area contributed by atoms with Gasteiger partial charge in [0.2, 0.25) is 11.8 Å². The van der Waals surface area contributed by atoms with Crippen molar-refractivity contribution in [3.63, 3.8) is 0 Å². The van der Waals surface area contributed by atoms with Gasteiger partial charge in [0.1, 0.15) is 5.52 Å². The Morgan fingerprint density at radius 2 is 1.92 bits per heavy atom. The second-order valence-electron chi connectivity index (χ2n) is 6.44. The van der Waals surface area contributed by atoms with Crippen molar-refractivity contribution in [2.75, 3.05) is 5.32 Å². The first kappa shape index (κ1) is 16.4. The van der Waals surface area contributed by atoms with Crippen molar-refractivity contribution >= 4 is 28.6 Å². The molecule has 1 aromatic carbocycles. The Morgan fingerprint density at radius 3 is 2.54 bits per heavy atom. The average molecular weight is 337 g/mol. The SMILES string of the molecule is CC1(C(=O)Nc2ccc3oc(C(N)=O)nc3c2)CCC(F)(F)CC1. The number of rotatable bonds is 3. The van der Waals surface area contributed by atoms with Crippen LogP contribution in [0.5, 0.6) is 0 Å². The number of benzene rings is 1. The molecule has 0 unspecified atom stereocenters. The number of amides is 2. The zero-order chi connectivity index (χ0) is 17.5. The van der Waals surface area contributed by atoms with Crippen molar-refractivity contribution in [1.29, 1.82) is 0 Å². The first-order chi connectivity index (χ1) is 11.2. The second-order valence-corrected chi connectivity index (χ2v) is 6.44. The first-order valence-electron chi connectivity index (χ1n) is 7.58. The first-order valence-corrected chi connectivity index (χ1v) is 7.58. The normalized spacial score (nSPS) is 19.1. The maximum Gasteiger partial charge on any atom is 0.304 e. The minimum absolute atomic E-state index is 0.129. The number of carbonyl (C=O) groups excluding carboxylic acids is 2. The van der Waals surface area contributed by atoms with E-state index in [9.17, 15) is 18.4 Å². The van der Waals surface area contributed by atoms with Gasteiger partial charge in [-0.1, -0.05) is 6.92 Å². The van der Waals surface area contributed by atoms with Gasteiger partial charge < -0.3 is 15.5 Å². The summed E-state index contributed by atoms with van der Waals surface area (Å²) in [6.45, 7) is 1.69. The molecule has 24 heavy (non-hydrogen) atoms. The van der Waals surface area contributed by atoms with Crippen LogP contribution in [0.15, 0.2) is 22.6 Å². The summed E-state index contributed by atoms with van der Waals surface area (Å²) < 4.78 is 31.8. The van der Waals surface area contributed by atoms with Gasteiger partial charge >= 0.3 is 5.91 Å². The number of nitrogens with one attached hydrogen (secondary N) is 1. The van der Waals surface area contributed by atoms with Crippen LogP contribution in [0.2, 0.25) is 0 Å². The Labute approximate surface area is 136 Å². The molecule has 0 saturated heterocycles. The number of carbonyl (C=O) groups is 2. The number of oxazole rings is 1. The maximum atomic E-state index is 13.3. The molecule has 3 N–H and O–H groups in total. The summed E-state index contributed by atoms with van der Waals surface area (Å²) in [5, 5.41) is 2.73. The minimum Gasteiger partial charge on any atom is -0.432 e. The molecule has 0 spiro atoms. The van der Waals surface area contributed by atoms with Crippen LogP contribution in [0.25, 0.3) is 11.1 Å². The molecule has 1 aliphatic rings. The van der Waals surface area contributed by atoms with E-state index in [0.29, 0.717) is 16.8 Å². The van der Waals surface area contributed by atoms with Gasteiger partial charge in [-0.25, -0.2) is 13.8 Å². The number of anilines is 1. The van der Waals surface area contributed by atoms with E-state index < -0.39 is 17.2 Å². The molecule has 6 nitrogen and oxygen atoms in total. The number of aromatic nitrogens is 1. The van der Waals surface area contributed by atoms with E-state index in [1.165, 1.54) is 0 Å². The fraction of sp³-hybridized carbons (Fsp3) is 0.438. The van der Waals surface area contributed by atoms with Crippen molar-refractivity contribution in [3.8, 4) is 0 Å². The minimum atomic E-state index is -2.69. The Hall–Kier alpha value is -2.51. The molecule has 0 radical (unpaired) electrons. The van der Waals surface area contributed by atoms with Gasteiger partial charge in [-0.3, -0.25) is 9.59 Å². The summed E-state index contributed by atoms with van der Waals surface area (Å²) in [5.41, 5.74) is 5.47. The lowest BCUT2D eigenvalue weighted by atomic mass is 9.73. The van der Waals surface area contributed by atoms with E-state index in [1.807, 2.05) is 0 Å². The molecule has 2 aromatic rings. The number of alkyl halides is 2. The fourth-order valence-corrected chi connectivity index (χ4v) is 2.79. The zero-order valence-electron chi connectivity index (χ0n) is 13.1. The molecular weight excluding hydrogens is 320 g/mol. The molecule has 0 bridgehead atoms. The number of nitrogens with zero attached hydrogens (tertiary/aromatic N) is 1. The summed E-state index contributed by atoms with van der Waals surface area (Å²) in [7, 11) is 0. The molecule has 0 atom stereocenters. The summed E-state index contributed by atoms with van der Waals surface area (Å²) >= 11 is 0. The maximum absolute atomic E-state index is 13.3. The van der Waals surface area contributed by atoms with Crippen LogP contribution in [0, 0.1) is 5.41 Å². The van der Waals surface area contributed by atoms with Crippen LogP contribution in [0.3, 0.4) is 0 Å². The molecule has 1 aromatic heterocycles. The smallest absolute Gasteiger partial charge is 0.304 e. The van der Waals surface area contributed by atoms with Crippen LogP contribution in [-0.4, -0.2) is 22.7 Å². The van der Waals surface area contributed by atoms with E-state index in [0.717, 1.165) is 0 Å². The molecule has 8 heteroatoms. The number of halogens is 2. The van der Waals surface area contributed by atoms with E-state index in [4.69, 9.17) is 10.2 Å². The molecule has 1 aliphatic carbocycles. The summed E-state index contributed by atoms with van der Waals surface area (Å²) in [6, 6.07) is 4.70. The number of nitrogens with two attached hydrogens (primary N) is 1. The van der Waals surface area contributed by atoms with Crippen molar-refractivity contribution in [3.05, 3.63) is 24.1 Å². The molecule has 0 aliphatic heterocycles. The third-order valence-corrected chi connectivity index (χ3v) is 4.49. The van der Waals surface area contributed by atoms with Crippen molar-refractivity contribution in [1.82, 2.24) is 4.98 Å². The van der Waals surface area contributed by atoms with Gasteiger partial charge in [-0.15, -0.1) is 0 Å². The standard InChI is InChI=1S/C16H17F2N3O3/c1-15(4-6-16(17,18)7-5-15)14(23)20-9-2-3-11-10(8-9)21-13(24-11)12(19)22/h2-3,8H,4-7H2,1H3,(H2,19,22)(H,20,23). The number of fused-ring (bicyclic) bond motifs is 1. The number of hydrogen-bond donors (Lipinski definition) is 2. The van der Waals surface area contributed by atoms with Crippen molar-refractivity contribution in [2.24, 2.45) is 11.1 Å². The largest absolute Gasteiger partial charge is 0.432 e.